The zero-order valence-corrected chi connectivity index (χ0v) is 17.0. The zero-order valence-electron chi connectivity index (χ0n) is 15.4. The number of nitro groups is 1. The third kappa shape index (κ3) is 2.97. The van der Waals surface area contributed by atoms with Gasteiger partial charge in [0.05, 0.1) is 10.5 Å². The van der Waals surface area contributed by atoms with Gasteiger partial charge in [0.1, 0.15) is 0 Å². The summed E-state index contributed by atoms with van der Waals surface area (Å²) in [5.74, 6) is 0. The van der Waals surface area contributed by atoms with Gasteiger partial charge in [0.2, 0.25) is 0 Å². The van der Waals surface area contributed by atoms with Crippen LogP contribution >= 0.6 is 15.9 Å². The van der Waals surface area contributed by atoms with Gasteiger partial charge in [-0.2, -0.15) is 0 Å². The van der Waals surface area contributed by atoms with Crippen molar-refractivity contribution in [3.63, 3.8) is 0 Å². The largest absolute Gasteiger partial charge is 0.335 e. The Hall–Kier alpha value is -2.18. The molecule has 2 N–H and O–H groups in total. The number of non-ortho nitro benzene ring substituents is 1. The molecule has 1 unspecified atom stereocenters. The van der Waals surface area contributed by atoms with E-state index in [9.17, 15) is 10.1 Å². The van der Waals surface area contributed by atoms with Crippen LogP contribution in [0.5, 0.6) is 0 Å². The van der Waals surface area contributed by atoms with Crippen molar-refractivity contribution in [1.29, 1.82) is 0 Å². The fraction of sp³-hybridized carbons (Fsp3) is 0.333. The lowest BCUT2D eigenvalue weighted by Crippen LogP contribution is -2.33. The van der Waals surface area contributed by atoms with Gasteiger partial charge in [0, 0.05) is 39.2 Å². The maximum atomic E-state index is 11.0. The van der Waals surface area contributed by atoms with Crippen molar-refractivity contribution in [3.05, 3.63) is 73.9 Å². The minimum atomic E-state index is -0.359. The number of benzene rings is 2. The SMILES string of the molecule is CC(C)(c1ccc([N+](=O)[O-])cc1)n1c2c(c3cc(Br)ccc31)CC(N)CC2. The van der Waals surface area contributed by atoms with E-state index in [1.165, 1.54) is 22.2 Å². The first kappa shape index (κ1) is 18.2. The zero-order chi connectivity index (χ0) is 19.3. The maximum absolute atomic E-state index is 11.0. The van der Waals surface area contributed by atoms with Crippen molar-refractivity contribution in [2.24, 2.45) is 5.73 Å². The first-order chi connectivity index (χ1) is 12.8. The lowest BCUT2D eigenvalue weighted by atomic mass is 9.90. The summed E-state index contributed by atoms with van der Waals surface area (Å²) in [6.07, 6.45) is 2.80. The van der Waals surface area contributed by atoms with E-state index in [-0.39, 0.29) is 22.2 Å². The number of aromatic nitrogens is 1. The Bertz CT molecular complexity index is 1040. The van der Waals surface area contributed by atoms with Crippen molar-refractivity contribution >= 4 is 32.5 Å². The van der Waals surface area contributed by atoms with Gasteiger partial charge in [-0.1, -0.05) is 15.9 Å². The van der Waals surface area contributed by atoms with E-state index >= 15 is 0 Å². The molecule has 1 heterocycles. The molecule has 27 heavy (non-hydrogen) atoms. The van der Waals surface area contributed by atoms with Crippen molar-refractivity contribution in [3.8, 4) is 0 Å². The summed E-state index contributed by atoms with van der Waals surface area (Å²) in [6, 6.07) is 13.5. The van der Waals surface area contributed by atoms with Crippen LogP contribution in [0, 0.1) is 10.1 Å². The van der Waals surface area contributed by atoms with Gasteiger partial charge in [-0.15, -0.1) is 0 Å². The van der Waals surface area contributed by atoms with Crippen LogP contribution in [0.25, 0.3) is 10.9 Å². The molecule has 0 fully saturated rings. The lowest BCUT2D eigenvalue weighted by Gasteiger charge is -2.33. The average molecular weight is 428 g/mol. The molecule has 0 saturated carbocycles. The predicted molar refractivity (Wildman–Crippen MR) is 111 cm³/mol. The van der Waals surface area contributed by atoms with Crippen LogP contribution in [0.15, 0.2) is 46.9 Å². The quantitative estimate of drug-likeness (QED) is 0.476. The van der Waals surface area contributed by atoms with Crippen LogP contribution in [0.2, 0.25) is 0 Å². The smallest absolute Gasteiger partial charge is 0.269 e. The number of fused-ring (bicyclic) bond motifs is 3. The van der Waals surface area contributed by atoms with Gasteiger partial charge in [0.15, 0.2) is 0 Å². The Kier molecular flexibility index (Phi) is 4.35. The highest BCUT2D eigenvalue weighted by molar-refractivity contribution is 9.10. The lowest BCUT2D eigenvalue weighted by molar-refractivity contribution is -0.384. The van der Waals surface area contributed by atoms with Crippen molar-refractivity contribution in [2.45, 2.75) is 44.7 Å². The predicted octanol–water partition coefficient (Wildman–Crippen LogP) is 4.91. The molecule has 1 atom stereocenters. The first-order valence-electron chi connectivity index (χ1n) is 9.11. The molecule has 1 aromatic heterocycles. The molecule has 3 aromatic rings. The van der Waals surface area contributed by atoms with Crippen LogP contribution in [0.3, 0.4) is 0 Å². The van der Waals surface area contributed by atoms with E-state index in [1.807, 2.05) is 12.1 Å². The number of rotatable bonds is 3. The Balaban J connectivity index is 1.93. The number of nitrogens with two attached hydrogens (primary N) is 1. The van der Waals surface area contributed by atoms with Gasteiger partial charge in [-0.3, -0.25) is 10.1 Å². The van der Waals surface area contributed by atoms with Crippen LogP contribution < -0.4 is 5.73 Å². The molecule has 4 rings (SSSR count). The fourth-order valence-corrected chi connectivity index (χ4v) is 4.68. The van der Waals surface area contributed by atoms with Crippen molar-refractivity contribution in [2.75, 3.05) is 0 Å². The molecule has 5 nitrogen and oxygen atoms in total. The minimum Gasteiger partial charge on any atom is -0.335 e. The third-order valence-corrected chi connectivity index (χ3v) is 6.20. The second kappa shape index (κ2) is 6.46. The summed E-state index contributed by atoms with van der Waals surface area (Å²) >= 11 is 3.60. The second-order valence-electron chi connectivity index (χ2n) is 7.79. The number of hydrogen-bond acceptors (Lipinski definition) is 3. The van der Waals surface area contributed by atoms with Crippen LogP contribution in [0.4, 0.5) is 5.69 Å². The topological polar surface area (TPSA) is 74.1 Å². The van der Waals surface area contributed by atoms with Crippen LogP contribution in [0.1, 0.15) is 37.1 Å². The van der Waals surface area contributed by atoms with E-state index in [1.54, 1.807) is 12.1 Å². The van der Waals surface area contributed by atoms with Gasteiger partial charge in [0.25, 0.3) is 5.69 Å². The van der Waals surface area contributed by atoms with Gasteiger partial charge in [-0.25, -0.2) is 0 Å². The number of halogens is 1. The Morgan fingerprint density at radius 2 is 1.93 bits per heavy atom. The number of hydrogen-bond donors (Lipinski definition) is 1. The van der Waals surface area contributed by atoms with Crippen molar-refractivity contribution < 1.29 is 4.92 Å². The van der Waals surface area contributed by atoms with Gasteiger partial charge < -0.3 is 10.3 Å². The fourth-order valence-electron chi connectivity index (χ4n) is 4.32. The highest BCUT2D eigenvalue weighted by atomic mass is 79.9. The molecule has 0 radical (unpaired) electrons. The Labute approximate surface area is 166 Å². The van der Waals surface area contributed by atoms with E-state index < -0.39 is 0 Å². The number of nitro benzene ring substituents is 1. The molecule has 0 aliphatic heterocycles. The maximum Gasteiger partial charge on any atom is 0.269 e. The summed E-state index contributed by atoms with van der Waals surface area (Å²) in [7, 11) is 0. The monoisotopic (exact) mass is 427 g/mol. The molecular formula is C21H22BrN3O2. The molecule has 6 heteroatoms. The summed E-state index contributed by atoms with van der Waals surface area (Å²) < 4.78 is 3.46. The third-order valence-electron chi connectivity index (χ3n) is 5.70. The molecule has 140 valence electrons. The second-order valence-corrected chi connectivity index (χ2v) is 8.70. The summed E-state index contributed by atoms with van der Waals surface area (Å²) in [5.41, 5.74) is 10.9. The molecule has 0 bridgehead atoms. The van der Waals surface area contributed by atoms with Gasteiger partial charge >= 0.3 is 0 Å². The van der Waals surface area contributed by atoms with E-state index in [0.29, 0.717) is 0 Å². The Morgan fingerprint density at radius 1 is 1.22 bits per heavy atom. The van der Waals surface area contributed by atoms with E-state index in [4.69, 9.17) is 5.73 Å². The van der Waals surface area contributed by atoms with Gasteiger partial charge in [-0.05, 0) is 74.6 Å². The molecule has 0 saturated heterocycles. The molecule has 1 aliphatic rings. The molecule has 2 aromatic carbocycles. The molecule has 0 spiro atoms. The highest BCUT2D eigenvalue weighted by Crippen LogP contribution is 2.40. The van der Waals surface area contributed by atoms with E-state index in [2.05, 4.69) is 52.5 Å². The molecule has 1 aliphatic carbocycles. The minimum absolute atomic E-state index is 0.115. The first-order valence-corrected chi connectivity index (χ1v) is 9.91. The molecular weight excluding hydrogens is 406 g/mol. The standard InChI is InChI=1S/C21H22BrN3O2/c1-21(2,13-3-7-16(8-4-13)25(26)27)24-19-9-5-14(22)11-17(19)18-12-15(23)6-10-20(18)24/h3-5,7-9,11,15H,6,10,12,23H2,1-2H3. The molecule has 0 amide bonds. The summed E-state index contributed by atoms with van der Waals surface area (Å²) in [5, 5.41) is 12.2. The van der Waals surface area contributed by atoms with Crippen LogP contribution in [-0.2, 0) is 18.4 Å². The van der Waals surface area contributed by atoms with E-state index in [0.717, 1.165) is 29.3 Å². The highest BCUT2D eigenvalue weighted by Gasteiger charge is 2.32. The Morgan fingerprint density at radius 3 is 2.59 bits per heavy atom. The normalized spacial score (nSPS) is 17.1. The number of nitrogens with zero attached hydrogens (tertiary/aromatic N) is 2. The average Bonchev–Trinajstić information content (AvgIpc) is 2.95. The summed E-state index contributed by atoms with van der Waals surface area (Å²) in [6.45, 7) is 4.34. The summed E-state index contributed by atoms with van der Waals surface area (Å²) in [4.78, 5) is 10.6. The van der Waals surface area contributed by atoms with Crippen molar-refractivity contribution in [1.82, 2.24) is 4.57 Å². The van der Waals surface area contributed by atoms with Crippen LogP contribution in [-0.4, -0.2) is 15.5 Å².